The molecular formula is C13H19NO. The van der Waals surface area contributed by atoms with Crippen LogP contribution in [0.15, 0.2) is 36.1 Å². The zero-order valence-corrected chi connectivity index (χ0v) is 9.28. The predicted molar refractivity (Wildman–Crippen MR) is 62.5 cm³/mol. The summed E-state index contributed by atoms with van der Waals surface area (Å²) in [4.78, 5) is 0. The van der Waals surface area contributed by atoms with Gasteiger partial charge >= 0.3 is 0 Å². The van der Waals surface area contributed by atoms with E-state index in [1.54, 1.807) is 6.26 Å². The topological polar surface area (TPSA) is 21.3 Å². The van der Waals surface area contributed by atoms with Crippen LogP contribution in [0.3, 0.4) is 0 Å². The second kappa shape index (κ2) is 5.17. The van der Waals surface area contributed by atoms with Crippen molar-refractivity contribution in [2.45, 2.75) is 25.8 Å². The Morgan fingerprint density at radius 3 is 3.20 bits per heavy atom. The highest BCUT2D eigenvalue weighted by Gasteiger charge is 2.13. The third-order valence-electron chi connectivity index (χ3n) is 2.96. The largest absolute Gasteiger partial charge is 0.497 e. The molecule has 0 saturated carbocycles. The van der Waals surface area contributed by atoms with Crippen LogP contribution in [0.2, 0.25) is 0 Å². The molecule has 2 nitrogen and oxygen atoms in total. The first-order valence-electron chi connectivity index (χ1n) is 5.72. The van der Waals surface area contributed by atoms with Crippen molar-refractivity contribution in [1.82, 2.24) is 5.32 Å². The minimum atomic E-state index is 0.641. The first kappa shape index (κ1) is 10.5. The zero-order chi connectivity index (χ0) is 10.5. The number of rotatable bonds is 3. The van der Waals surface area contributed by atoms with Gasteiger partial charge in [0, 0.05) is 12.6 Å². The van der Waals surface area contributed by atoms with Gasteiger partial charge in [0.15, 0.2) is 0 Å². The molecule has 2 aliphatic rings. The smallest absolute Gasteiger partial charge is 0.106 e. The molecule has 0 aromatic heterocycles. The van der Waals surface area contributed by atoms with Gasteiger partial charge in [0.05, 0.1) is 6.26 Å². The summed E-state index contributed by atoms with van der Waals surface area (Å²) in [6, 6.07) is 0.641. The van der Waals surface area contributed by atoms with E-state index in [9.17, 15) is 0 Å². The van der Waals surface area contributed by atoms with Crippen LogP contribution < -0.4 is 5.32 Å². The van der Waals surface area contributed by atoms with Crippen LogP contribution >= 0.6 is 0 Å². The molecule has 1 N–H and O–H groups in total. The monoisotopic (exact) mass is 205 g/mol. The van der Waals surface area contributed by atoms with Gasteiger partial charge in [-0.2, -0.15) is 0 Å². The highest BCUT2D eigenvalue weighted by molar-refractivity contribution is 5.21. The third kappa shape index (κ3) is 3.24. The van der Waals surface area contributed by atoms with E-state index in [-0.39, 0.29) is 0 Å². The van der Waals surface area contributed by atoms with E-state index in [1.165, 1.54) is 12.0 Å². The molecule has 0 amide bonds. The molecule has 0 radical (unpaired) electrons. The molecule has 2 unspecified atom stereocenters. The Hall–Kier alpha value is -1.02. The highest BCUT2D eigenvalue weighted by Crippen LogP contribution is 2.17. The molecule has 0 aromatic carbocycles. The summed E-state index contributed by atoms with van der Waals surface area (Å²) in [5.41, 5.74) is 1.34. The fraction of sp³-hybridized carbons (Fsp3) is 0.538. The standard InChI is InChI=1S/C13H19NO/c1-11-3-2-4-13(9-11)14-10-12-5-7-15-8-6-12/h2-3,5-7,11,13-14H,4,8-10H2,1H3. The van der Waals surface area contributed by atoms with Crippen LogP contribution in [0.5, 0.6) is 0 Å². The molecule has 0 fully saturated rings. The van der Waals surface area contributed by atoms with Crippen molar-refractivity contribution in [3.05, 3.63) is 36.1 Å². The molecule has 1 heterocycles. The number of hydrogen-bond donors (Lipinski definition) is 1. The lowest BCUT2D eigenvalue weighted by Crippen LogP contribution is -2.33. The van der Waals surface area contributed by atoms with Gasteiger partial charge in [-0.1, -0.05) is 19.1 Å². The van der Waals surface area contributed by atoms with Crippen LogP contribution in [0.4, 0.5) is 0 Å². The molecule has 1 aliphatic heterocycles. The van der Waals surface area contributed by atoms with Crippen molar-refractivity contribution in [2.24, 2.45) is 5.92 Å². The number of hydrogen-bond acceptors (Lipinski definition) is 2. The molecule has 0 saturated heterocycles. The Morgan fingerprint density at radius 1 is 1.53 bits per heavy atom. The van der Waals surface area contributed by atoms with Gasteiger partial charge < -0.3 is 10.1 Å². The molecule has 2 atom stereocenters. The van der Waals surface area contributed by atoms with E-state index in [2.05, 4.69) is 30.5 Å². The Kier molecular flexibility index (Phi) is 3.62. The summed E-state index contributed by atoms with van der Waals surface area (Å²) in [7, 11) is 0. The van der Waals surface area contributed by atoms with E-state index in [4.69, 9.17) is 4.74 Å². The molecule has 15 heavy (non-hydrogen) atoms. The van der Waals surface area contributed by atoms with Crippen molar-refractivity contribution in [1.29, 1.82) is 0 Å². The molecular weight excluding hydrogens is 186 g/mol. The maximum atomic E-state index is 5.11. The maximum absolute atomic E-state index is 5.11. The van der Waals surface area contributed by atoms with Gasteiger partial charge in [-0.3, -0.25) is 0 Å². The fourth-order valence-corrected chi connectivity index (χ4v) is 2.07. The van der Waals surface area contributed by atoms with Gasteiger partial charge in [-0.05, 0) is 36.5 Å². The molecule has 0 spiro atoms. The van der Waals surface area contributed by atoms with Crippen LogP contribution in [0.1, 0.15) is 19.8 Å². The van der Waals surface area contributed by atoms with Crippen LogP contribution in [0.25, 0.3) is 0 Å². The van der Waals surface area contributed by atoms with Gasteiger partial charge in [0.2, 0.25) is 0 Å². The van der Waals surface area contributed by atoms with Crippen LogP contribution in [-0.4, -0.2) is 19.2 Å². The first-order valence-corrected chi connectivity index (χ1v) is 5.72. The van der Waals surface area contributed by atoms with E-state index in [0.717, 1.165) is 18.9 Å². The number of ether oxygens (including phenoxy) is 1. The fourth-order valence-electron chi connectivity index (χ4n) is 2.07. The van der Waals surface area contributed by atoms with Crippen molar-refractivity contribution in [3.8, 4) is 0 Å². The molecule has 0 aromatic rings. The van der Waals surface area contributed by atoms with Crippen molar-refractivity contribution >= 4 is 0 Å². The van der Waals surface area contributed by atoms with E-state index in [0.29, 0.717) is 12.6 Å². The lowest BCUT2D eigenvalue weighted by molar-refractivity contribution is 0.283. The van der Waals surface area contributed by atoms with Gasteiger partial charge in [0.25, 0.3) is 0 Å². The molecule has 2 rings (SSSR count). The average molecular weight is 205 g/mol. The molecule has 1 aliphatic carbocycles. The summed E-state index contributed by atoms with van der Waals surface area (Å²) in [5, 5.41) is 3.60. The normalized spacial score (nSPS) is 29.8. The Bertz CT molecular complexity index is 291. The van der Waals surface area contributed by atoms with Crippen molar-refractivity contribution < 1.29 is 4.74 Å². The summed E-state index contributed by atoms with van der Waals surface area (Å²) in [6.07, 6.45) is 13.0. The van der Waals surface area contributed by atoms with Crippen LogP contribution in [-0.2, 0) is 4.74 Å². The lowest BCUT2D eigenvalue weighted by Gasteiger charge is -2.24. The zero-order valence-electron chi connectivity index (χ0n) is 9.28. The van der Waals surface area contributed by atoms with Crippen molar-refractivity contribution in [2.75, 3.05) is 13.2 Å². The lowest BCUT2D eigenvalue weighted by atomic mass is 9.93. The third-order valence-corrected chi connectivity index (χ3v) is 2.96. The molecule has 2 heteroatoms. The van der Waals surface area contributed by atoms with Gasteiger partial charge in [-0.15, -0.1) is 0 Å². The van der Waals surface area contributed by atoms with E-state index in [1.807, 2.05) is 6.08 Å². The quantitative estimate of drug-likeness (QED) is 0.714. The van der Waals surface area contributed by atoms with E-state index < -0.39 is 0 Å². The SMILES string of the molecule is CC1C=CCC(NCC2=CCOC=C2)C1. The summed E-state index contributed by atoms with van der Waals surface area (Å²) in [6.45, 7) is 3.96. The Balaban J connectivity index is 1.76. The summed E-state index contributed by atoms with van der Waals surface area (Å²) < 4.78 is 5.11. The average Bonchev–Trinajstić information content (AvgIpc) is 2.28. The van der Waals surface area contributed by atoms with Crippen molar-refractivity contribution in [3.63, 3.8) is 0 Å². The maximum Gasteiger partial charge on any atom is 0.106 e. The predicted octanol–water partition coefficient (Wildman–Crippen LogP) is 2.40. The summed E-state index contributed by atoms with van der Waals surface area (Å²) >= 11 is 0. The number of allylic oxidation sites excluding steroid dienone is 1. The highest BCUT2D eigenvalue weighted by atomic mass is 16.5. The molecule has 0 bridgehead atoms. The second-order valence-electron chi connectivity index (χ2n) is 4.37. The Labute approximate surface area is 91.7 Å². The second-order valence-corrected chi connectivity index (χ2v) is 4.37. The van der Waals surface area contributed by atoms with E-state index >= 15 is 0 Å². The summed E-state index contributed by atoms with van der Waals surface area (Å²) in [5.74, 6) is 0.718. The number of nitrogens with one attached hydrogen (secondary N) is 1. The molecule has 82 valence electrons. The van der Waals surface area contributed by atoms with Crippen LogP contribution in [0, 0.1) is 5.92 Å². The Morgan fingerprint density at radius 2 is 2.47 bits per heavy atom. The van der Waals surface area contributed by atoms with Gasteiger partial charge in [0.1, 0.15) is 6.61 Å². The minimum absolute atomic E-state index is 0.641. The van der Waals surface area contributed by atoms with Gasteiger partial charge in [-0.25, -0.2) is 0 Å². The minimum Gasteiger partial charge on any atom is -0.497 e. The first-order chi connectivity index (χ1) is 7.34.